The fraction of sp³-hybridized carbons (Fsp3) is 0.190. The summed E-state index contributed by atoms with van der Waals surface area (Å²) in [6, 6.07) is 10.0. The number of nitrogens with zero attached hydrogens (tertiary/aromatic N) is 2. The minimum Gasteiger partial charge on any atom is -0.481 e. The van der Waals surface area contributed by atoms with Gasteiger partial charge in [0.2, 0.25) is 5.89 Å². The third-order valence-electron chi connectivity index (χ3n) is 4.55. The van der Waals surface area contributed by atoms with E-state index >= 15 is 0 Å². The predicted octanol–water partition coefficient (Wildman–Crippen LogP) is 5.50. The van der Waals surface area contributed by atoms with E-state index in [4.69, 9.17) is 9.52 Å². The SMILES string of the molecule is Cc1nc(-c2ccc(C(F)(F)F)cc2)sc1Cc1nc2c(CC(=O)O)cccc2o1. The molecule has 0 fully saturated rings. The summed E-state index contributed by atoms with van der Waals surface area (Å²) in [4.78, 5) is 20.8. The lowest BCUT2D eigenvalue weighted by Crippen LogP contribution is -2.03. The van der Waals surface area contributed by atoms with Crippen LogP contribution in [0.4, 0.5) is 13.2 Å². The Morgan fingerprint density at radius 2 is 1.87 bits per heavy atom. The van der Waals surface area contributed by atoms with Gasteiger partial charge >= 0.3 is 12.1 Å². The number of carboxylic acids is 1. The number of para-hydroxylation sites is 1. The largest absolute Gasteiger partial charge is 0.481 e. The molecule has 0 amide bonds. The van der Waals surface area contributed by atoms with Crippen molar-refractivity contribution < 1.29 is 27.5 Å². The number of carbonyl (C=O) groups is 1. The molecule has 0 saturated heterocycles. The highest BCUT2D eigenvalue weighted by atomic mass is 32.1. The van der Waals surface area contributed by atoms with Gasteiger partial charge in [0, 0.05) is 10.4 Å². The van der Waals surface area contributed by atoms with E-state index in [9.17, 15) is 18.0 Å². The monoisotopic (exact) mass is 432 g/mol. The van der Waals surface area contributed by atoms with Gasteiger partial charge < -0.3 is 9.52 Å². The van der Waals surface area contributed by atoms with Crippen LogP contribution in [-0.4, -0.2) is 21.0 Å². The predicted molar refractivity (Wildman–Crippen MR) is 105 cm³/mol. The van der Waals surface area contributed by atoms with Crippen LogP contribution < -0.4 is 0 Å². The maximum Gasteiger partial charge on any atom is 0.416 e. The molecule has 0 aliphatic carbocycles. The fourth-order valence-corrected chi connectivity index (χ4v) is 4.15. The molecule has 2 heterocycles. The summed E-state index contributed by atoms with van der Waals surface area (Å²) in [5.74, 6) is -0.528. The van der Waals surface area contributed by atoms with Crippen LogP contribution >= 0.6 is 11.3 Å². The number of aryl methyl sites for hydroxylation is 1. The molecule has 2 aromatic heterocycles. The zero-order chi connectivity index (χ0) is 21.5. The van der Waals surface area contributed by atoms with Gasteiger partial charge in [0.1, 0.15) is 10.5 Å². The van der Waals surface area contributed by atoms with Crippen molar-refractivity contribution in [1.29, 1.82) is 0 Å². The van der Waals surface area contributed by atoms with Crippen molar-refractivity contribution in [2.24, 2.45) is 0 Å². The Balaban J connectivity index is 1.60. The molecule has 0 atom stereocenters. The number of benzene rings is 2. The van der Waals surface area contributed by atoms with Crippen LogP contribution in [0.3, 0.4) is 0 Å². The molecule has 2 aromatic carbocycles. The average molecular weight is 432 g/mol. The van der Waals surface area contributed by atoms with Crippen molar-refractivity contribution in [3.8, 4) is 10.6 Å². The second-order valence-electron chi connectivity index (χ2n) is 6.72. The molecule has 5 nitrogen and oxygen atoms in total. The lowest BCUT2D eigenvalue weighted by Gasteiger charge is -2.06. The summed E-state index contributed by atoms with van der Waals surface area (Å²) >= 11 is 1.36. The Hall–Kier alpha value is -3.20. The van der Waals surface area contributed by atoms with Gasteiger partial charge in [-0.2, -0.15) is 13.2 Å². The number of oxazole rings is 1. The number of carboxylic acid groups (broad SMARTS) is 1. The van der Waals surface area contributed by atoms with Crippen LogP contribution in [0.1, 0.15) is 27.6 Å². The van der Waals surface area contributed by atoms with Gasteiger partial charge in [0.25, 0.3) is 0 Å². The van der Waals surface area contributed by atoms with Crippen molar-refractivity contribution in [1.82, 2.24) is 9.97 Å². The van der Waals surface area contributed by atoms with Gasteiger partial charge in [-0.1, -0.05) is 24.3 Å². The van der Waals surface area contributed by atoms with Crippen LogP contribution in [0, 0.1) is 6.92 Å². The highest BCUT2D eigenvalue weighted by molar-refractivity contribution is 7.15. The smallest absolute Gasteiger partial charge is 0.416 e. The van der Waals surface area contributed by atoms with E-state index in [0.29, 0.717) is 39.5 Å². The third-order valence-corrected chi connectivity index (χ3v) is 5.76. The number of alkyl halides is 3. The second-order valence-corrected chi connectivity index (χ2v) is 7.81. The summed E-state index contributed by atoms with van der Waals surface area (Å²) in [5, 5.41) is 9.66. The summed E-state index contributed by atoms with van der Waals surface area (Å²) in [5.41, 5.74) is 2.23. The van der Waals surface area contributed by atoms with Crippen molar-refractivity contribution in [3.05, 3.63) is 70.1 Å². The van der Waals surface area contributed by atoms with E-state index in [1.165, 1.54) is 23.5 Å². The lowest BCUT2D eigenvalue weighted by atomic mass is 10.1. The molecule has 30 heavy (non-hydrogen) atoms. The first-order valence-corrected chi connectivity index (χ1v) is 9.75. The molecular weight excluding hydrogens is 417 g/mol. The van der Waals surface area contributed by atoms with Crippen molar-refractivity contribution in [2.45, 2.75) is 25.9 Å². The number of aliphatic carboxylic acids is 1. The molecule has 1 N–H and O–H groups in total. The van der Waals surface area contributed by atoms with Crippen LogP contribution in [0.2, 0.25) is 0 Å². The van der Waals surface area contributed by atoms with Crippen LogP contribution in [-0.2, 0) is 23.8 Å². The zero-order valence-electron chi connectivity index (χ0n) is 15.7. The number of aromatic nitrogens is 2. The number of fused-ring (bicyclic) bond motifs is 1. The van der Waals surface area contributed by atoms with Gasteiger partial charge in [-0.25, -0.2) is 9.97 Å². The third kappa shape index (κ3) is 4.06. The highest BCUT2D eigenvalue weighted by Gasteiger charge is 2.30. The second kappa shape index (κ2) is 7.56. The molecule has 0 unspecified atom stereocenters. The summed E-state index contributed by atoms with van der Waals surface area (Å²) in [7, 11) is 0. The maximum atomic E-state index is 12.8. The molecule has 0 radical (unpaired) electrons. The Bertz CT molecular complexity index is 1230. The first-order chi connectivity index (χ1) is 14.2. The number of rotatable bonds is 5. The number of halogens is 3. The van der Waals surface area contributed by atoms with Gasteiger partial charge in [0.15, 0.2) is 5.58 Å². The quantitative estimate of drug-likeness (QED) is 0.451. The molecular formula is C21H15F3N2O3S. The van der Waals surface area contributed by atoms with Crippen LogP contribution in [0.25, 0.3) is 21.7 Å². The summed E-state index contributed by atoms with van der Waals surface area (Å²) in [6.07, 6.45) is -4.18. The van der Waals surface area contributed by atoms with E-state index in [1.54, 1.807) is 18.2 Å². The minimum atomic E-state index is -4.38. The topological polar surface area (TPSA) is 76.2 Å². The van der Waals surface area contributed by atoms with E-state index in [2.05, 4.69) is 9.97 Å². The Labute approximate surface area is 172 Å². The standard InChI is InChI=1S/C21H15F3N2O3S/c1-11-16(30-20(25-11)12-5-7-14(8-6-12)21(22,23)24)10-17-26-19-13(9-18(27)28)3-2-4-15(19)29-17/h2-8H,9-10H2,1H3,(H,27,28). The van der Waals surface area contributed by atoms with Gasteiger partial charge in [-0.15, -0.1) is 11.3 Å². The van der Waals surface area contributed by atoms with E-state index in [-0.39, 0.29) is 6.42 Å². The normalized spacial score (nSPS) is 11.9. The van der Waals surface area contributed by atoms with E-state index in [0.717, 1.165) is 22.7 Å². The molecule has 4 aromatic rings. The van der Waals surface area contributed by atoms with Gasteiger partial charge in [0.05, 0.1) is 24.1 Å². The molecule has 4 rings (SSSR count). The number of hydrogen-bond acceptors (Lipinski definition) is 5. The summed E-state index contributed by atoms with van der Waals surface area (Å²) in [6.45, 7) is 1.82. The van der Waals surface area contributed by atoms with Gasteiger partial charge in [-0.3, -0.25) is 4.79 Å². The molecule has 0 aliphatic heterocycles. The molecule has 9 heteroatoms. The highest BCUT2D eigenvalue weighted by Crippen LogP contribution is 2.34. The fourth-order valence-electron chi connectivity index (χ4n) is 3.09. The molecule has 0 saturated carbocycles. The Morgan fingerprint density at radius 1 is 1.13 bits per heavy atom. The molecule has 0 bridgehead atoms. The van der Waals surface area contributed by atoms with Crippen molar-refractivity contribution >= 4 is 28.4 Å². The number of hydrogen-bond donors (Lipinski definition) is 1. The maximum absolute atomic E-state index is 12.8. The molecule has 0 spiro atoms. The van der Waals surface area contributed by atoms with Crippen molar-refractivity contribution in [2.75, 3.05) is 0 Å². The van der Waals surface area contributed by atoms with Crippen LogP contribution in [0.5, 0.6) is 0 Å². The van der Waals surface area contributed by atoms with E-state index in [1.807, 2.05) is 6.92 Å². The van der Waals surface area contributed by atoms with Gasteiger partial charge in [-0.05, 0) is 30.7 Å². The number of thiazole rings is 1. The minimum absolute atomic E-state index is 0.152. The molecule has 0 aliphatic rings. The first-order valence-electron chi connectivity index (χ1n) is 8.94. The molecule has 154 valence electrons. The zero-order valence-corrected chi connectivity index (χ0v) is 16.5. The first kappa shape index (κ1) is 20.1. The Kier molecular flexibility index (Phi) is 5.07. The summed E-state index contributed by atoms with van der Waals surface area (Å²) < 4.78 is 44.0. The van der Waals surface area contributed by atoms with Crippen molar-refractivity contribution in [3.63, 3.8) is 0 Å². The Morgan fingerprint density at radius 3 is 2.53 bits per heavy atom. The van der Waals surface area contributed by atoms with E-state index < -0.39 is 17.7 Å². The van der Waals surface area contributed by atoms with Crippen LogP contribution in [0.15, 0.2) is 46.9 Å². The average Bonchev–Trinajstić information content (AvgIpc) is 3.25. The lowest BCUT2D eigenvalue weighted by molar-refractivity contribution is -0.138.